The molecular formula is C23H25N3OS. The van der Waals surface area contributed by atoms with Gasteiger partial charge in [-0.25, -0.2) is 9.98 Å². The van der Waals surface area contributed by atoms with Crippen molar-refractivity contribution in [3.05, 3.63) is 69.0 Å². The Bertz CT molecular complexity index is 1010. The Morgan fingerprint density at radius 3 is 2.75 bits per heavy atom. The second kappa shape index (κ2) is 8.93. The molecule has 0 spiro atoms. The molecule has 0 saturated carbocycles. The van der Waals surface area contributed by atoms with Gasteiger partial charge in [0.25, 0.3) is 0 Å². The number of hydrogen-bond donors (Lipinski definition) is 0. The fourth-order valence-corrected chi connectivity index (χ4v) is 3.72. The van der Waals surface area contributed by atoms with Gasteiger partial charge in [-0.15, -0.1) is 11.3 Å². The number of thiazole rings is 1. The van der Waals surface area contributed by atoms with Crippen LogP contribution in [-0.2, 0) is 6.42 Å². The first-order chi connectivity index (χ1) is 13.5. The van der Waals surface area contributed by atoms with Crippen LogP contribution in [-0.4, -0.2) is 36.1 Å². The minimum atomic E-state index is 0.670. The third-order valence-corrected chi connectivity index (χ3v) is 5.61. The lowest BCUT2D eigenvalue weighted by atomic mass is 10.0. The molecule has 0 amide bonds. The lowest BCUT2D eigenvalue weighted by Gasteiger charge is -2.11. The van der Waals surface area contributed by atoms with E-state index < -0.39 is 0 Å². The average Bonchev–Trinajstić information content (AvgIpc) is 3.17. The normalized spacial score (nSPS) is 11.1. The zero-order chi connectivity index (χ0) is 20.1. The average molecular weight is 392 g/mol. The van der Waals surface area contributed by atoms with Crippen molar-refractivity contribution in [3.63, 3.8) is 0 Å². The van der Waals surface area contributed by atoms with E-state index in [1.807, 2.05) is 31.6 Å². The van der Waals surface area contributed by atoms with Crippen LogP contribution in [0.3, 0.4) is 0 Å². The van der Waals surface area contributed by atoms with Crippen molar-refractivity contribution in [2.45, 2.75) is 27.2 Å². The number of aromatic nitrogens is 1. The lowest BCUT2D eigenvalue weighted by Crippen LogP contribution is -2.14. The first kappa shape index (κ1) is 20.0. The largest absolute Gasteiger partial charge is 0.366 e. The summed E-state index contributed by atoms with van der Waals surface area (Å²) in [5.41, 5.74) is 7.22. The van der Waals surface area contributed by atoms with Crippen molar-refractivity contribution in [3.8, 4) is 11.3 Å². The van der Waals surface area contributed by atoms with Gasteiger partial charge in [0.15, 0.2) is 0 Å². The maximum absolute atomic E-state index is 11.0. The Balaban J connectivity index is 1.80. The van der Waals surface area contributed by atoms with E-state index in [0.29, 0.717) is 5.56 Å². The molecule has 1 heterocycles. The maximum Gasteiger partial charge on any atom is 0.150 e. The Morgan fingerprint density at radius 2 is 2.00 bits per heavy atom. The van der Waals surface area contributed by atoms with Crippen LogP contribution in [0.2, 0.25) is 0 Å². The van der Waals surface area contributed by atoms with Crippen molar-refractivity contribution >= 4 is 29.6 Å². The number of aryl methyl sites for hydroxylation is 2. The van der Waals surface area contributed by atoms with Crippen LogP contribution in [0.25, 0.3) is 11.3 Å². The fraction of sp³-hybridized carbons (Fsp3) is 0.261. The van der Waals surface area contributed by atoms with Crippen molar-refractivity contribution in [2.24, 2.45) is 4.99 Å². The van der Waals surface area contributed by atoms with Gasteiger partial charge in [0.1, 0.15) is 6.29 Å². The Labute approximate surface area is 170 Å². The molecule has 0 saturated heterocycles. The van der Waals surface area contributed by atoms with Crippen molar-refractivity contribution in [1.29, 1.82) is 0 Å². The molecule has 4 nitrogen and oxygen atoms in total. The predicted octanol–water partition coefficient (Wildman–Crippen LogP) is 5.44. The van der Waals surface area contributed by atoms with Crippen LogP contribution >= 0.6 is 11.3 Å². The number of nitrogens with zero attached hydrogens (tertiary/aromatic N) is 3. The van der Waals surface area contributed by atoms with E-state index in [2.05, 4.69) is 48.2 Å². The first-order valence-corrected chi connectivity index (χ1v) is 10.2. The lowest BCUT2D eigenvalue weighted by molar-refractivity contribution is 0.112. The number of carbonyl (C=O) groups is 1. The SMILES string of the molecule is CCN(C)C=Nc1cc(C)c(Cc2nc(-c3cccc(C=O)c3)cs2)cc1C. The molecule has 144 valence electrons. The smallest absolute Gasteiger partial charge is 0.150 e. The van der Waals surface area contributed by atoms with Crippen molar-refractivity contribution in [2.75, 3.05) is 13.6 Å². The summed E-state index contributed by atoms with van der Waals surface area (Å²) >= 11 is 1.65. The summed E-state index contributed by atoms with van der Waals surface area (Å²) in [6, 6.07) is 11.9. The summed E-state index contributed by atoms with van der Waals surface area (Å²) in [7, 11) is 2.02. The van der Waals surface area contributed by atoms with E-state index in [9.17, 15) is 4.79 Å². The molecule has 0 N–H and O–H groups in total. The first-order valence-electron chi connectivity index (χ1n) is 9.34. The Hall–Kier alpha value is -2.79. The molecule has 2 aromatic carbocycles. The molecule has 0 aliphatic heterocycles. The number of carbonyl (C=O) groups excluding carboxylic acids is 1. The van der Waals surface area contributed by atoms with Gasteiger partial charge < -0.3 is 4.90 Å². The van der Waals surface area contributed by atoms with E-state index >= 15 is 0 Å². The van der Waals surface area contributed by atoms with Crippen LogP contribution in [0.4, 0.5) is 5.69 Å². The predicted molar refractivity (Wildman–Crippen MR) is 118 cm³/mol. The molecule has 0 aliphatic carbocycles. The summed E-state index contributed by atoms with van der Waals surface area (Å²) in [6.45, 7) is 7.26. The topological polar surface area (TPSA) is 45.6 Å². The van der Waals surface area contributed by atoms with Crippen LogP contribution < -0.4 is 0 Å². The van der Waals surface area contributed by atoms with Crippen LogP contribution in [0.1, 0.15) is 39.0 Å². The van der Waals surface area contributed by atoms with Crippen molar-refractivity contribution in [1.82, 2.24) is 9.88 Å². The number of benzene rings is 2. The third-order valence-electron chi connectivity index (χ3n) is 4.76. The second-order valence-corrected chi connectivity index (χ2v) is 7.87. The fourth-order valence-electron chi connectivity index (χ4n) is 2.89. The minimum Gasteiger partial charge on any atom is -0.366 e. The summed E-state index contributed by atoms with van der Waals surface area (Å²) in [6.07, 6.45) is 3.54. The zero-order valence-corrected chi connectivity index (χ0v) is 17.6. The molecule has 0 aliphatic rings. The van der Waals surface area contributed by atoms with E-state index in [1.165, 1.54) is 11.1 Å². The van der Waals surface area contributed by atoms with Gasteiger partial charge in [0.2, 0.25) is 0 Å². The molecule has 28 heavy (non-hydrogen) atoms. The van der Waals surface area contributed by atoms with Crippen LogP contribution in [0, 0.1) is 13.8 Å². The molecule has 0 atom stereocenters. The van der Waals surface area contributed by atoms with Crippen LogP contribution in [0.5, 0.6) is 0 Å². The molecule has 3 aromatic rings. The number of rotatable bonds is 7. The van der Waals surface area contributed by atoms with E-state index in [-0.39, 0.29) is 0 Å². The highest BCUT2D eigenvalue weighted by Gasteiger charge is 2.10. The molecule has 1 aromatic heterocycles. The van der Waals surface area contributed by atoms with Gasteiger partial charge in [-0.1, -0.05) is 24.3 Å². The van der Waals surface area contributed by atoms with E-state index in [1.54, 1.807) is 17.4 Å². The maximum atomic E-state index is 11.0. The van der Waals surface area contributed by atoms with Gasteiger partial charge in [0, 0.05) is 36.5 Å². The summed E-state index contributed by atoms with van der Waals surface area (Å²) in [5, 5.41) is 3.12. The van der Waals surface area contributed by atoms with Crippen LogP contribution in [0.15, 0.2) is 46.8 Å². The zero-order valence-electron chi connectivity index (χ0n) is 16.8. The quantitative estimate of drug-likeness (QED) is 0.306. The van der Waals surface area contributed by atoms with Gasteiger partial charge >= 0.3 is 0 Å². The molecule has 0 bridgehead atoms. The van der Waals surface area contributed by atoms with Gasteiger partial charge in [0.05, 0.1) is 22.7 Å². The second-order valence-electron chi connectivity index (χ2n) is 6.93. The highest BCUT2D eigenvalue weighted by Crippen LogP contribution is 2.28. The summed E-state index contributed by atoms with van der Waals surface area (Å²) in [5.74, 6) is 0. The van der Waals surface area contributed by atoms with Gasteiger partial charge in [-0.3, -0.25) is 4.79 Å². The molecule has 0 fully saturated rings. The number of aliphatic imine (C=N–C) groups is 1. The summed E-state index contributed by atoms with van der Waals surface area (Å²) < 4.78 is 0. The van der Waals surface area contributed by atoms with Gasteiger partial charge in [-0.2, -0.15) is 0 Å². The van der Waals surface area contributed by atoms with E-state index in [4.69, 9.17) is 4.98 Å². The van der Waals surface area contributed by atoms with Crippen molar-refractivity contribution < 1.29 is 4.79 Å². The molecule has 5 heteroatoms. The molecule has 0 unspecified atom stereocenters. The summed E-state index contributed by atoms with van der Waals surface area (Å²) in [4.78, 5) is 22.4. The standard InChI is InChI=1S/C23H25N3OS/c1-5-26(4)15-24-21-10-16(2)20(9-17(21)3)12-23-25-22(14-28-23)19-8-6-7-18(11-19)13-27/h6-11,13-15H,5,12H2,1-4H3. The molecule has 0 radical (unpaired) electrons. The highest BCUT2D eigenvalue weighted by molar-refractivity contribution is 7.10. The Kier molecular flexibility index (Phi) is 6.37. The number of hydrogen-bond acceptors (Lipinski definition) is 4. The highest BCUT2D eigenvalue weighted by atomic mass is 32.1. The van der Waals surface area contributed by atoms with E-state index in [0.717, 1.165) is 46.8 Å². The monoisotopic (exact) mass is 391 g/mol. The third kappa shape index (κ3) is 4.73. The molecule has 3 rings (SSSR count). The number of aldehydes is 1. The van der Waals surface area contributed by atoms with Gasteiger partial charge in [-0.05, 0) is 49.6 Å². The molecular weight excluding hydrogens is 366 g/mol. The minimum absolute atomic E-state index is 0.670. The Morgan fingerprint density at radius 1 is 1.18 bits per heavy atom.